The van der Waals surface area contributed by atoms with Crippen molar-refractivity contribution in [2.24, 2.45) is 0 Å². The number of benzene rings is 1. The first-order valence-electron chi connectivity index (χ1n) is 9.33. The van der Waals surface area contributed by atoms with Crippen LogP contribution in [0.25, 0.3) is 0 Å². The highest BCUT2D eigenvalue weighted by Gasteiger charge is 2.52. The van der Waals surface area contributed by atoms with Gasteiger partial charge in [-0.3, -0.25) is 14.4 Å². The van der Waals surface area contributed by atoms with Gasteiger partial charge in [-0.1, -0.05) is 12.1 Å². The van der Waals surface area contributed by atoms with Crippen molar-refractivity contribution < 1.29 is 28.6 Å². The molecule has 3 heterocycles. The summed E-state index contributed by atoms with van der Waals surface area (Å²) in [4.78, 5) is 42.1. The Hall–Kier alpha value is -2.52. The van der Waals surface area contributed by atoms with Crippen molar-refractivity contribution in [3.05, 3.63) is 35.6 Å². The van der Waals surface area contributed by atoms with Gasteiger partial charge in [0.1, 0.15) is 24.5 Å². The molecule has 3 atom stereocenters. The minimum atomic E-state index is -0.705. The minimum Gasteiger partial charge on any atom is -0.387 e. The molecule has 150 valence electrons. The second-order valence-corrected chi connectivity index (χ2v) is 7.35. The van der Waals surface area contributed by atoms with Crippen molar-refractivity contribution in [2.45, 2.75) is 31.2 Å². The Balaban J connectivity index is 1.41. The molecule has 1 aromatic rings. The molecule has 1 N–H and O–H groups in total. The standard InChI is InChI=1S/C19H22FN3O5/c20-13-3-1-12(2-4-13)11-28-14-7-15-18(26)22-6-5-21(17(25)10-24)9-16(22)19(27)23(15)8-14/h1-4,14-16,24H,5-11H2. The summed E-state index contributed by atoms with van der Waals surface area (Å²) in [5.41, 5.74) is 0.819. The maximum absolute atomic E-state index is 13.0. The number of nitrogens with zero attached hydrogens (tertiary/aromatic N) is 3. The molecular weight excluding hydrogens is 369 g/mol. The number of ether oxygens (including phenoxy) is 1. The Kier molecular flexibility index (Phi) is 5.03. The van der Waals surface area contributed by atoms with Crippen molar-refractivity contribution >= 4 is 17.7 Å². The molecule has 3 aliphatic rings. The zero-order valence-electron chi connectivity index (χ0n) is 15.3. The second kappa shape index (κ2) is 7.48. The SMILES string of the molecule is O=C(CO)N1CCN2C(=O)C3CC(OCc4ccc(F)cc4)CN3C(=O)C2C1. The average Bonchev–Trinajstić information content (AvgIpc) is 3.15. The lowest BCUT2D eigenvalue weighted by atomic mass is 10.0. The molecule has 0 saturated carbocycles. The number of aliphatic hydroxyl groups excluding tert-OH is 1. The van der Waals surface area contributed by atoms with Crippen molar-refractivity contribution in [1.29, 1.82) is 0 Å². The summed E-state index contributed by atoms with van der Waals surface area (Å²) >= 11 is 0. The fourth-order valence-corrected chi connectivity index (χ4v) is 4.16. The van der Waals surface area contributed by atoms with Gasteiger partial charge in [0.25, 0.3) is 0 Å². The van der Waals surface area contributed by atoms with Gasteiger partial charge >= 0.3 is 0 Å². The van der Waals surface area contributed by atoms with Gasteiger partial charge in [-0.15, -0.1) is 0 Å². The number of carbonyl (C=O) groups is 3. The maximum atomic E-state index is 13.0. The third-order valence-corrected chi connectivity index (χ3v) is 5.67. The number of halogens is 1. The van der Waals surface area contributed by atoms with Crippen LogP contribution in [-0.2, 0) is 25.7 Å². The van der Waals surface area contributed by atoms with E-state index in [2.05, 4.69) is 0 Å². The average molecular weight is 391 g/mol. The largest absolute Gasteiger partial charge is 0.387 e. The van der Waals surface area contributed by atoms with Crippen LogP contribution in [0.15, 0.2) is 24.3 Å². The van der Waals surface area contributed by atoms with Crippen molar-refractivity contribution in [1.82, 2.24) is 14.7 Å². The van der Waals surface area contributed by atoms with Crippen LogP contribution in [0.1, 0.15) is 12.0 Å². The van der Waals surface area contributed by atoms with E-state index in [1.54, 1.807) is 21.9 Å². The van der Waals surface area contributed by atoms with Gasteiger partial charge in [0.15, 0.2) is 0 Å². The molecule has 1 aromatic carbocycles. The number of amides is 3. The predicted molar refractivity (Wildman–Crippen MR) is 94.3 cm³/mol. The molecule has 3 saturated heterocycles. The molecule has 0 aliphatic carbocycles. The summed E-state index contributed by atoms with van der Waals surface area (Å²) in [6.07, 6.45) is 0.147. The number of fused-ring (bicyclic) bond motifs is 2. The van der Waals surface area contributed by atoms with E-state index in [4.69, 9.17) is 9.84 Å². The lowest BCUT2D eigenvalue weighted by molar-refractivity contribution is -0.165. The molecule has 0 bridgehead atoms. The highest BCUT2D eigenvalue weighted by molar-refractivity contribution is 5.98. The van der Waals surface area contributed by atoms with E-state index in [9.17, 15) is 18.8 Å². The highest BCUT2D eigenvalue weighted by atomic mass is 19.1. The molecule has 9 heteroatoms. The first kappa shape index (κ1) is 18.8. The van der Waals surface area contributed by atoms with Crippen LogP contribution < -0.4 is 0 Å². The van der Waals surface area contributed by atoms with Gasteiger partial charge in [0, 0.05) is 26.1 Å². The normalized spacial score (nSPS) is 27.1. The smallest absolute Gasteiger partial charge is 0.248 e. The topological polar surface area (TPSA) is 90.4 Å². The Bertz CT molecular complexity index is 786. The van der Waals surface area contributed by atoms with Gasteiger partial charge in [-0.25, -0.2) is 4.39 Å². The predicted octanol–water partition coefficient (Wildman–Crippen LogP) is -0.643. The molecule has 28 heavy (non-hydrogen) atoms. The van der Waals surface area contributed by atoms with Crippen LogP contribution in [-0.4, -0.2) is 88.5 Å². The van der Waals surface area contributed by atoms with E-state index < -0.39 is 24.6 Å². The molecule has 3 aliphatic heterocycles. The van der Waals surface area contributed by atoms with E-state index in [0.717, 1.165) is 5.56 Å². The lowest BCUT2D eigenvalue weighted by Gasteiger charge is -2.47. The van der Waals surface area contributed by atoms with Crippen LogP contribution in [0.4, 0.5) is 4.39 Å². The summed E-state index contributed by atoms with van der Waals surface area (Å²) in [5, 5.41) is 9.05. The van der Waals surface area contributed by atoms with Crippen molar-refractivity contribution in [2.75, 3.05) is 32.8 Å². The number of piperazine rings is 2. The van der Waals surface area contributed by atoms with Crippen LogP contribution in [0, 0.1) is 5.82 Å². The quantitative estimate of drug-likeness (QED) is 0.737. The molecule has 0 spiro atoms. The third-order valence-electron chi connectivity index (χ3n) is 5.67. The van der Waals surface area contributed by atoms with E-state index in [1.165, 1.54) is 17.0 Å². The van der Waals surface area contributed by atoms with Gasteiger partial charge < -0.3 is 24.5 Å². The Morgan fingerprint density at radius 3 is 2.50 bits per heavy atom. The van der Waals surface area contributed by atoms with Gasteiger partial charge in [0.2, 0.25) is 17.7 Å². The second-order valence-electron chi connectivity index (χ2n) is 7.35. The molecule has 8 nitrogen and oxygen atoms in total. The molecule has 4 rings (SSSR count). The number of hydrogen-bond donors (Lipinski definition) is 1. The fourth-order valence-electron chi connectivity index (χ4n) is 4.16. The van der Waals surface area contributed by atoms with Gasteiger partial charge in [0.05, 0.1) is 19.3 Å². The zero-order chi connectivity index (χ0) is 19.8. The molecule has 0 radical (unpaired) electrons. The van der Waals surface area contributed by atoms with Crippen molar-refractivity contribution in [3.8, 4) is 0 Å². The highest BCUT2D eigenvalue weighted by Crippen LogP contribution is 2.30. The first-order chi connectivity index (χ1) is 13.5. The Morgan fingerprint density at radius 1 is 1.07 bits per heavy atom. The Morgan fingerprint density at radius 2 is 1.79 bits per heavy atom. The van der Waals surface area contributed by atoms with E-state index in [-0.39, 0.29) is 43.4 Å². The third kappa shape index (κ3) is 3.35. The summed E-state index contributed by atoms with van der Waals surface area (Å²) < 4.78 is 18.9. The summed E-state index contributed by atoms with van der Waals surface area (Å²) in [7, 11) is 0. The fraction of sp³-hybridized carbons (Fsp3) is 0.526. The monoisotopic (exact) mass is 391 g/mol. The summed E-state index contributed by atoms with van der Waals surface area (Å²) in [6, 6.07) is 4.76. The van der Waals surface area contributed by atoms with Gasteiger partial charge in [-0.2, -0.15) is 0 Å². The summed E-state index contributed by atoms with van der Waals surface area (Å²) in [6.45, 7) is 0.682. The molecule has 3 fully saturated rings. The number of hydrogen-bond acceptors (Lipinski definition) is 5. The van der Waals surface area contributed by atoms with Crippen molar-refractivity contribution in [3.63, 3.8) is 0 Å². The maximum Gasteiger partial charge on any atom is 0.248 e. The van der Waals surface area contributed by atoms with Crippen LogP contribution >= 0.6 is 0 Å². The molecular formula is C19H22FN3O5. The van der Waals surface area contributed by atoms with Crippen LogP contribution in [0.5, 0.6) is 0 Å². The van der Waals surface area contributed by atoms with E-state index >= 15 is 0 Å². The van der Waals surface area contributed by atoms with Gasteiger partial charge in [-0.05, 0) is 17.7 Å². The first-order valence-corrected chi connectivity index (χ1v) is 9.33. The van der Waals surface area contributed by atoms with Crippen LogP contribution in [0.2, 0.25) is 0 Å². The van der Waals surface area contributed by atoms with E-state index in [0.29, 0.717) is 19.5 Å². The van der Waals surface area contributed by atoms with Crippen LogP contribution in [0.3, 0.4) is 0 Å². The van der Waals surface area contributed by atoms with E-state index in [1.807, 2.05) is 0 Å². The molecule has 3 unspecified atom stereocenters. The Labute approximate surface area is 161 Å². The summed E-state index contributed by atoms with van der Waals surface area (Å²) in [5.74, 6) is -1.06. The molecule has 0 aromatic heterocycles. The minimum absolute atomic E-state index is 0.105. The zero-order valence-corrected chi connectivity index (χ0v) is 15.3. The number of aliphatic hydroxyl groups is 1. The molecule has 3 amide bonds. The lowest BCUT2D eigenvalue weighted by Crippen LogP contribution is -2.69. The number of carbonyl (C=O) groups excluding carboxylic acids is 3. The number of rotatable bonds is 4.